The summed E-state index contributed by atoms with van der Waals surface area (Å²) in [6.07, 6.45) is 4.16. The number of aromatic nitrogens is 3. The van der Waals surface area contributed by atoms with Crippen molar-refractivity contribution in [2.45, 2.75) is 0 Å². The van der Waals surface area contributed by atoms with E-state index in [1.54, 1.807) is 6.07 Å². The van der Waals surface area contributed by atoms with Gasteiger partial charge >= 0.3 is 5.97 Å². The minimum atomic E-state index is -0.555. The van der Waals surface area contributed by atoms with E-state index in [1.807, 2.05) is 0 Å². The molecule has 0 aliphatic heterocycles. The van der Waals surface area contributed by atoms with E-state index in [2.05, 4.69) is 19.9 Å². The third kappa shape index (κ3) is 1.69. The van der Waals surface area contributed by atoms with Crippen LogP contribution in [0.15, 0.2) is 29.3 Å². The number of esters is 1. The Bertz CT molecular complexity index is 467. The number of carbonyl (C=O) groups excluding carboxylic acids is 1. The molecule has 2 aromatic heterocycles. The maximum atomic E-state index is 11.3. The van der Waals surface area contributed by atoms with E-state index >= 15 is 0 Å². The summed E-state index contributed by atoms with van der Waals surface area (Å²) in [5, 5.41) is 7.31. The predicted molar refractivity (Wildman–Crippen MR) is 48.9 cm³/mol. The normalized spacial score (nSPS) is 9.93. The molecular weight excluding hydrogens is 198 g/mol. The topological polar surface area (TPSA) is 78.1 Å². The van der Waals surface area contributed by atoms with Crippen molar-refractivity contribution < 1.29 is 13.9 Å². The van der Waals surface area contributed by atoms with E-state index in [0.717, 1.165) is 0 Å². The predicted octanol–water partition coefficient (Wildman–Crippen LogP) is 0.918. The number of ether oxygens (including phenoxy) is 1. The van der Waals surface area contributed by atoms with Crippen LogP contribution in [0, 0.1) is 0 Å². The van der Waals surface area contributed by atoms with Crippen molar-refractivity contribution in [2.75, 3.05) is 7.11 Å². The summed E-state index contributed by atoms with van der Waals surface area (Å²) >= 11 is 0. The first kappa shape index (κ1) is 9.32. The zero-order valence-electron chi connectivity index (χ0n) is 7.88. The Labute approximate surface area is 84.9 Å². The van der Waals surface area contributed by atoms with Gasteiger partial charge in [-0.25, -0.2) is 9.78 Å². The van der Waals surface area contributed by atoms with Crippen LogP contribution in [0.1, 0.15) is 10.5 Å². The van der Waals surface area contributed by atoms with Crippen molar-refractivity contribution in [3.63, 3.8) is 0 Å². The molecule has 0 atom stereocenters. The fraction of sp³-hybridized carbons (Fsp3) is 0.111. The van der Waals surface area contributed by atoms with E-state index in [-0.39, 0.29) is 5.69 Å². The van der Waals surface area contributed by atoms with E-state index in [9.17, 15) is 4.79 Å². The molecule has 0 unspecified atom stereocenters. The van der Waals surface area contributed by atoms with Gasteiger partial charge in [0.25, 0.3) is 0 Å². The number of rotatable bonds is 2. The van der Waals surface area contributed by atoms with E-state index in [0.29, 0.717) is 11.3 Å². The number of methoxy groups -OCH3 is 1. The average molecular weight is 205 g/mol. The molecule has 0 spiro atoms. The lowest BCUT2D eigenvalue weighted by Crippen LogP contribution is -2.07. The van der Waals surface area contributed by atoms with Crippen molar-refractivity contribution >= 4 is 5.97 Å². The quantitative estimate of drug-likeness (QED) is 0.678. The molecule has 0 radical (unpaired) electrons. The molecule has 0 bridgehead atoms. The van der Waals surface area contributed by atoms with Gasteiger partial charge in [0.1, 0.15) is 12.0 Å². The zero-order valence-corrected chi connectivity index (χ0v) is 7.88. The standard InChI is InChI=1S/C9H7N3O3/c1-14-9(13)8-6(2-3-11-12-8)7-4-15-5-10-7/h2-5H,1H3. The van der Waals surface area contributed by atoms with Gasteiger partial charge in [-0.1, -0.05) is 0 Å². The number of oxazole rings is 1. The molecular formula is C9H7N3O3. The molecule has 0 aromatic carbocycles. The summed E-state index contributed by atoms with van der Waals surface area (Å²) in [7, 11) is 1.28. The number of hydrogen-bond donors (Lipinski definition) is 0. The van der Waals surface area contributed by atoms with Crippen molar-refractivity contribution in [3.8, 4) is 11.3 Å². The Hall–Kier alpha value is -2.24. The van der Waals surface area contributed by atoms with Crippen LogP contribution < -0.4 is 0 Å². The summed E-state index contributed by atoms with van der Waals surface area (Å²) in [6.45, 7) is 0. The highest BCUT2D eigenvalue weighted by atomic mass is 16.5. The minimum Gasteiger partial charge on any atom is -0.464 e. The van der Waals surface area contributed by atoms with Crippen molar-refractivity contribution in [1.29, 1.82) is 0 Å². The summed E-state index contributed by atoms with van der Waals surface area (Å²) in [5.41, 5.74) is 1.17. The summed E-state index contributed by atoms with van der Waals surface area (Å²) in [4.78, 5) is 15.3. The molecule has 0 aliphatic carbocycles. The molecule has 0 fully saturated rings. The minimum absolute atomic E-state index is 0.119. The fourth-order valence-corrected chi connectivity index (χ4v) is 1.13. The Morgan fingerprint density at radius 1 is 1.53 bits per heavy atom. The van der Waals surface area contributed by atoms with Gasteiger partial charge in [0, 0.05) is 5.56 Å². The van der Waals surface area contributed by atoms with Crippen LogP contribution in [-0.4, -0.2) is 28.3 Å². The van der Waals surface area contributed by atoms with Gasteiger partial charge < -0.3 is 9.15 Å². The van der Waals surface area contributed by atoms with Crippen molar-refractivity contribution in [1.82, 2.24) is 15.2 Å². The lowest BCUT2D eigenvalue weighted by atomic mass is 10.1. The monoisotopic (exact) mass is 205 g/mol. The highest BCUT2D eigenvalue weighted by molar-refractivity contribution is 5.94. The molecule has 2 heterocycles. The van der Waals surface area contributed by atoms with Crippen LogP contribution in [0.3, 0.4) is 0 Å². The maximum absolute atomic E-state index is 11.3. The molecule has 15 heavy (non-hydrogen) atoms. The van der Waals surface area contributed by atoms with Gasteiger partial charge in [0.05, 0.1) is 13.3 Å². The molecule has 2 aromatic rings. The average Bonchev–Trinajstić information content (AvgIpc) is 2.81. The van der Waals surface area contributed by atoms with Gasteiger partial charge in [0.2, 0.25) is 0 Å². The summed E-state index contributed by atoms with van der Waals surface area (Å²) < 4.78 is 9.40. The zero-order chi connectivity index (χ0) is 10.7. The molecule has 6 nitrogen and oxygen atoms in total. The second-order valence-corrected chi connectivity index (χ2v) is 2.66. The molecule has 0 saturated heterocycles. The first-order valence-corrected chi connectivity index (χ1v) is 4.11. The first-order valence-electron chi connectivity index (χ1n) is 4.11. The van der Waals surface area contributed by atoms with Crippen LogP contribution in [-0.2, 0) is 4.74 Å². The Morgan fingerprint density at radius 3 is 3.07 bits per heavy atom. The van der Waals surface area contributed by atoms with Crippen LogP contribution in [0.5, 0.6) is 0 Å². The fourth-order valence-electron chi connectivity index (χ4n) is 1.13. The van der Waals surface area contributed by atoms with Crippen LogP contribution in [0.2, 0.25) is 0 Å². The molecule has 0 amide bonds. The first-order chi connectivity index (χ1) is 7.33. The summed E-state index contributed by atoms with van der Waals surface area (Å²) in [5.74, 6) is -0.555. The van der Waals surface area contributed by atoms with E-state index in [4.69, 9.17) is 4.42 Å². The Balaban J connectivity index is 2.52. The van der Waals surface area contributed by atoms with Crippen molar-refractivity contribution in [2.24, 2.45) is 0 Å². The lowest BCUT2D eigenvalue weighted by Gasteiger charge is -2.01. The Morgan fingerprint density at radius 2 is 2.40 bits per heavy atom. The van der Waals surface area contributed by atoms with Gasteiger partial charge in [-0.15, -0.1) is 5.10 Å². The number of carbonyl (C=O) groups is 1. The molecule has 0 saturated carbocycles. The summed E-state index contributed by atoms with van der Waals surface area (Å²) in [6, 6.07) is 1.62. The molecule has 0 N–H and O–H groups in total. The maximum Gasteiger partial charge on any atom is 0.359 e. The highest BCUT2D eigenvalue weighted by Gasteiger charge is 2.16. The Kier molecular flexibility index (Phi) is 2.40. The third-order valence-corrected chi connectivity index (χ3v) is 1.81. The van der Waals surface area contributed by atoms with Gasteiger partial charge in [-0.3, -0.25) is 0 Å². The SMILES string of the molecule is COC(=O)c1nnccc1-c1cocn1. The largest absolute Gasteiger partial charge is 0.464 e. The van der Waals surface area contributed by atoms with E-state index < -0.39 is 5.97 Å². The van der Waals surface area contributed by atoms with E-state index in [1.165, 1.54) is 26.0 Å². The lowest BCUT2D eigenvalue weighted by molar-refractivity contribution is 0.0593. The molecule has 76 valence electrons. The van der Waals surface area contributed by atoms with Gasteiger partial charge in [-0.05, 0) is 6.07 Å². The van der Waals surface area contributed by atoms with Gasteiger partial charge in [0.15, 0.2) is 12.1 Å². The number of nitrogens with zero attached hydrogens (tertiary/aromatic N) is 3. The third-order valence-electron chi connectivity index (χ3n) is 1.81. The van der Waals surface area contributed by atoms with Crippen LogP contribution in [0.25, 0.3) is 11.3 Å². The molecule has 6 heteroatoms. The molecule has 0 aliphatic rings. The smallest absolute Gasteiger partial charge is 0.359 e. The number of hydrogen-bond acceptors (Lipinski definition) is 6. The highest BCUT2D eigenvalue weighted by Crippen LogP contribution is 2.19. The molecule has 2 rings (SSSR count). The second kappa shape index (κ2) is 3.87. The van der Waals surface area contributed by atoms with Crippen LogP contribution in [0.4, 0.5) is 0 Å². The second-order valence-electron chi connectivity index (χ2n) is 2.66. The van der Waals surface area contributed by atoms with Crippen LogP contribution >= 0.6 is 0 Å². The van der Waals surface area contributed by atoms with Crippen molar-refractivity contribution in [3.05, 3.63) is 30.6 Å². The van der Waals surface area contributed by atoms with Gasteiger partial charge in [-0.2, -0.15) is 5.10 Å².